The van der Waals surface area contributed by atoms with Gasteiger partial charge in [0.25, 0.3) is 0 Å². The molecule has 1 heterocycles. The summed E-state index contributed by atoms with van der Waals surface area (Å²) >= 11 is 0. The second-order valence-electron chi connectivity index (χ2n) is 6.43. The van der Waals surface area contributed by atoms with Gasteiger partial charge >= 0.3 is 0 Å². The van der Waals surface area contributed by atoms with Gasteiger partial charge in [-0.05, 0) is 31.5 Å². The first-order chi connectivity index (χ1) is 13.5. The molecule has 0 bridgehead atoms. The third-order valence-electron chi connectivity index (χ3n) is 4.62. The number of sulfonamides is 1. The molecule has 0 aliphatic rings. The number of nitriles is 1. The fourth-order valence-corrected chi connectivity index (χ4v) is 4.60. The molecule has 0 fully saturated rings. The number of aromatic nitrogens is 1. The zero-order valence-electron chi connectivity index (χ0n) is 16.2. The van der Waals surface area contributed by atoms with Crippen LogP contribution in [0.2, 0.25) is 0 Å². The van der Waals surface area contributed by atoms with Crippen LogP contribution in [-0.2, 0) is 16.6 Å². The van der Waals surface area contributed by atoms with Gasteiger partial charge in [0, 0.05) is 23.6 Å². The van der Waals surface area contributed by atoms with Crippen LogP contribution < -0.4 is 9.46 Å². The Kier molecular flexibility index (Phi) is 5.61. The number of hydrogen-bond donors (Lipinski definition) is 1. The maximum absolute atomic E-state index is 12.3. The predicted molar refractivity (Wildman–Crippen MR) is 112 cm³/mol. The van der Waals surface area contributed by atoms with E-state index in [1.165, 1.54) is 0 Å². The number of hydrogen-bond acceptors (Lipinski definition) is 4. The highest BCUT2D eigenvalue weighted by atomic mass is 32.2. The molecule has 3 rings (SSSR count). The van der Waals surface area contributed by atoms with Crippen molar-refractivity contribution in [2.45, 2.75) is 26.8 Å². The number of benzene rings is 2. The molecule has 28 heavy (non-hydrogen) atoms. The number of nitrogens with zero attached hydrogens (tertiary/aromatic N) is 2. The number of aryl methyl sites for hydroxylation is 1. The Balaban J connectivity index is 2.29. The van der Waals surface area contributed by atoms with E-state index in [9.17, 15) is 13.7 Å². The topological polar surface area (TPSA) is 84.1 Å². The summed E-state index contributed by atoms with van der Waals surface area (Å²) in [5, 5.41) is 10.7. The van der Waals surface area contributed by atoms with Crippen LogP contribution in [-0.4, -0.2) is 25.8 Å². The van der Waals surface area contributed by atoms with E-state index >= 15 is 0 Å². The summed E-state index contributed by atoms with van der Waals surface area (Å²) in [6.45, 7) is 4.44. The Morgan fingerprint density at radius 1 is 1.18 bits per heavy atom. The average Bonchev–Trinajstić information content (AvgIpc) is 3.00. The van der Waals surface area contributed by atoms with Crippen molar-refractivity contribution in [3.63, 3.8) is 0 Å². The molecule has 0 radical (unpaired) electrons. The van der Waals surface area contributed by atoms with E-state index in [2.05, 4.69) is 10.8 Å². The molecule has 0 saturated carbocycles. The molecular formula is C21H23N3O3S. The van der Waals surface area contributed by atoms with Crippen LogP contribution in [0, 0.1) is 11.3 Å². The van der Waals surface area contributed by atoms with Crippen molar-refractivity contribution in [1.29, 1.82) is 5.26 Å². The molecule has 0 atom stereocenters. The number of nitrogens with one attached hydrogen (secondary N) is 1. The first-order valence-corrected chi connectivity index (χ1v) is 10.8. The SMILES string of the molecule is CCCS(=O)(=O)Nc1ccccc1-c1c(C#N)c2ccc(OC)cc2n1CC. The molecule has 0 unspecified atom stereocenters. The van der Waals surface area contributed by atoms with E-state index in [0.29, 0.717) is 41.2 Å². The highest BCUT2D eigenvalue weighted by molar-refractivity contribution is 7.92. The highest BCUT2D eigenvalue weighted by Gasteiger charge is 2.22. The van der Waals surface area contributed by atoms with E-state index in [1.54, 1.807) is 19.2 Å². The van der Waals surface area contributed by atoms with Crippen LogP contribution >= 0.6 is 0 Å². The summed E-state index contributed by atoms with van der Waals surface area (Å²) in [5.74, 6) is 0.744. The summed E-state index contributed by atoms with van der Waals surface area (Å²) in [6.07, 6.45) is 0.524. The lowest BCUT2D eigenvalue weighted by molar-refractivity contribution is 0.415. The Morgan fingerprint density at radius 3 is 2.57 bits per heavy atom. The van der Waals surface area contributed by atoms with Crippen LogP contribution in [0.15, 0.2) is 42.5 Å². The van der Waals surface area contributed by atoms with Crippen molar-refractivity contribution >= 4 is 26.6 Å². The zero-order chi connectivity index (χ0) is 20.3. The van der Waals surface area contributed by atoms with E-state index < -0.39 is 10.0 Å². The van der Waals surface area contributed by atoms with Crippen LogP contribution in [0.4, 0.5) is 5.69 Å². The zero-order valence-corrected chi connectivity index (χ0v) is 17.0. The maximum atomic E-state index is 12.3. The second-order valence-corrected chi connectivity index (χ2v) is 8.27. The summed E-state index contributed by atoms with van der Waals surface area (Å²) < 4.78 is 34.7. The average molecular weight is 398 g/mol. The van der Waals surface area contributed by atoms with E-state index in [0.717, 1.165) is 10.9 Å². The lowest BCUT2D eigenvalue weighted by Crippen LogP contribution is -2.17. The predicted octanol–water partition coefficient (Wildman–Crippen LogP) is 4.36. The summed E-state index contributed by atoms with van der Waals surface area (Å²) in [5.41, 5.74) is 3.23. The monoisotopic (exact) mass is 397 g/mol. The van der Waals surface area contributed by atoms with E-state index in [4.69, 9.17) is 4.74 Å². The van der Waals surface area contributed by atoms with Gasteiger partial charge in [0.05, 0.1) is 35.3 Å². The molecule has 0 aliphatic heterocycles. The minimum Gasteiger partial charge on any atom is -0.497 e. The van der Waals surface area contributed by atoms with Gasteiger partial charge in [0.2, 0.25) is 10.0 Å². The van der Waals surface area contributed by atoms with E-state index in [-0.39, 0.29) is 5.75 Å². The summed E-state index contributed by atoms with van der Waals surface area (Å²) in [7, 11) is -1.86. The minimum absolute atomic E-state index is 0.0421. The molecule has 0 spiro atoms. The minimum atomic E-state index is -3.46. The molecule has 3 aromatic rings. The van der Waals surface area contributed by atoms with Gasteiger partial charge in [-0.1, -0.05) is 25.1 Å². The molecular weight excluding hydrogens is 374 g/mol. The second kappa shape index (κ2) is 7.95. The Morgan fingerprint density at radius 2 is 1.93 bits per heavy atom. The van der Waals surface area contributed by atoms with Crippen LogP contribution in [0.25, 0.3) is 22.2 Å². The number of para-hydroxylation sites is 1. The van der Waals surface area contributed by atoms with Crippen LogP contribution in [0.5, 0.6) is 5.75 Å². The van der Waals surface area contributed by atoms with Crippen molar-refractivity contribution in [2.75, 3.05) is 17.6 Å². The lowest BCUT2D eigenvalue weighted by atomic mass is 10.0. The fourth-order valence-electron chi connectivity index (χ4n) is 3.44. The van der Waals surface area contributed by atoms with Gasteiger partial charge in [0.1, 0.15) is 11.8 Å². The number of fused-ring (bicyclic) bond motifs is 1. The van der Waals surface area contributed by atoms with Crippen molar-refractivity contribution < 1.29 is 13.2 Å². The van der Waals surface area contributed by atoms with Gasteiger partial charge in [0.15, 0.2) is 0 Å². The summed E-state index contributed by atoms with van der Waals surface area (Å²) in [6, 6.07) is 15.1. The molecule has 1 aromatic heterocycles. The van der Waals surface area contributed by atoms with Crippen molar-refractivity contribution in [2.24, 2.45) is 0 Å². The molecule has 2 aromatic carbocycles. The van der Waals surface area contributed by atoms with Gasteiger partial charge in [-0.3, -0.25) is 4.72 Å². The molecule has 1 N–H and O–H groups in total. The van der Waals surface area contributed by atoms with Crippen LogP contribution in [0.1, 0.15) is 25.8 Å². The lowest BCUT2D eigenvalue weighted by Gasteiger charge is -2.15. The van der Waals surface area contributed by atoms with Crippen molar-refractivity contribution in [3.05, 3.63) is 48.0 Å². The molecule has 6 nitrogen and oxygen atoms in total. The standard InChI is InChI=1S/C21H23N3O3S/c1-4-12-28(25,26)23-19-9-7-6-8-17(19)21-18(14-22)16-11-10-15(27-3)13-20(16)24(21)5-2/h6-11,13,23H,4-5,12H2,1-3H3. The molecule has 0 aliphatic carbocycles. The maximum Gasteiger partial charge on any atom is 0.232 e. The summed E-state index contributed by atoms with van der Waals surface area (Å²) in [4.78, 5) is 0. The smallest absolute Gasteiger partial charge is 0.232 e. The molecule has 146 valence electrons. The van der Waals surface area contributed by atoms with Gasteiger partial charge in [-0.25, -0.2) is 8.42 Å². The van der Waals surface area contributed by atoms with Gasteiger partial charge < -0.3 is 9.30 Å². The number of rotatable bonds is 7. The van der Waals surface area contributed by atoms with Crippen molar-refractivity contribution in [3.8, 4) is 23.1 Å². The molecule has 0 saturated heterocycles. The number of ether oxygens (including phenoxy) is 1. The number of methoxy groups -OCH3 is 1. The largest absolute Gasteiger partial charge is 0.497 e. The molecule has 0 amide bonds. The Hall–Kier alpha value is -2.98. The number of anilines is 1. The van der Waals surface area contributed by atoms with Gasteiger partial charge in [-0.15, -0.1) is 0 Å². The normalized spacial score (nSPS) is 11.4. The fraction of sp³-hybridized carbons (Fsp3) is 0.286. The van der Waals surface area contributed by atoms with Gasteiger partial charge in [-0.2, -0.15) is 5.26 Å². The quantitative estimate of drug-likeness (QED) is 0.642. The van der Waals surface area contributed by atoms with Crippen molar-refractivity contribution in [1.82, 2.24) is 4.57 Å². The third-order valence-corrected chi connectivity index (χ3v) is 6.10. The third kappa shape index (κ3) is 3.56. The first-order valence-electron chi connectivity index (χ1n) is 9.16. The Bertz CT molecular complexity index is 1160. The molecule has 7 heteroatoms. The highest BCUT2D eigenvalue weighted by Crippen LogP contribution is 2.38. The first kappa shape index (κ1) is 19.8. The van der Waals surface area contributed by atoms with E-state index in [1.807, 2.05) is 48.7 Å². The Labute approximate surface area is 165 Å². The van der Waals surface area contributed by atoms with Crippen LogP contribution in [0.3, 0.4) is 0 Å².